The largest absolute Gasteiger partial charge is 0.497 e. The van der Waals surface area contributed by atoms with Crippen molar-refractivity contribution in [2.75, 3.05) is 13.7 Å². The van der Waals surface area contributed by atoms with Gasteiger partial charge in [0.15, 0.2) is 0 Å². The summed E-state index contributed by atoms with van der Waals surface area (Å²) >= 11 is 0. The number of methoxy groups -OCH3 is 1. The summed E-state index contributed by atoms with van der Waals surface area (Å²) in [5, 5.41) is 12.0. The summed E-state index contributed by atoms with van der Waals surface area (Å²) in [7, 11) is 1.60. The zero-order valence-electron chi connectivity index (χ0n) is 14.9. The lowest BCUT2D eigenvalue weighted by Crippen LogP contribution is -2.56. The molecule has 2 N–H and O–H groups in total. The molecule has 1 aliphatic carbocycles. The van der Waals surface area contributed by atoms with Gasteiger partial charge in [-0.2, -0.15) is 0 Å². The van der Waals surface area contributed by atoms with Crippen molar-refractivity contribution in [3.05, 3.63) is 29.8 Å². The summed E-state index contributed by atoms with van der Waals surface area (Å²) < 4.78 is 5.12. The highest BCUT2D eigenvalue weighted by Gasteiger charge is 2.43. The molecule has 7 nitrogen and oxygen atoms in total. The van der Waals surface area contributed by atoms with Crippen LogP contribution in [0.15, 0.2) is 24.3 Å². The Bertz CT molecular complexity index is 696. The molecule has 2 amide bonds. The Morgan fingerprint density at radius 1 is 1.31 bits per heavy atom. The van der Waals surface area contributed by atoms with Gasteiger partial charge < -0.3 is 20.1 Å². The standard InChI is InChI=1S/C19H24N2O5/c1-26-15-5-3-13(4-6-15)11-21-12-14(9-16(21)22)18(25)20-19(7-2-8-19)10-17(23)24/h3-6,14H,2,7-12H2,1H3,(H,20,25)(H,23,24). The smallest absolute Gasteiger partial charge is 0.305 e. The van der Waals surface area contributed by atoms with Gasteiger partial charge in [-0.25, -0.2) is 0 Å². The maximum Gasteiger partial charge on any atom is 0.305 e. The summed E-state index contributed by atoms with van der Waals surface area (Å²) in [5.41, 5.74) is 0.344. The molecule has 7 heteroatoms. The van der Waals surface area contributed by atoms with E-state index in [9.17, 15) is 14.4 Å². The third kappa shape index (κ3) is 3.98. The third-order valence-corrected chi connectivity index (χ3v) is 5.31. The van der Waals surface area contributed by atoms with Crippen LogP contribution in [0.3, 0.4) is 0 Å². The molecule has 1 atom stereocenters. The van der Waals surface area contributed by atoms with Crippen LogP contribution in [0, 0.1) is 5.92 Å². The van der Waals surface area contributed by atoms with Gasteiger partial charge in [0.1, 0.15) is 5.75 Å². The van der Waals surface area contributed by atoms with Gasteiger partial charge in [-0.05, 0) is 37.0 Å². The number of benzene rings is 1. The van der Waals surface area contributed by atoms with E-state index in [1.54, 1.807) is 12.0 Å². The highest BCUT2D eigenvalue weighted by molar-refractivity contribution is 5.90. The SMILES string of the molecule is COc1ccc(CN2CC(C(=O)NC3(CC(=O)O)CCC3)CC2=O)cc1. The molecular formula is C19H24N2O5. The van der Waals surface area contributed by atoms with E-state index in [-0.39, 0.29) is 24.7 Å². The van der Waals surface area contributed by atoms with Crippen molar-refractivity contribution in [3.8, 4) is 5.75 Å². The van der Waals surface area contributed by atoms with Crippen molar-refractivity contribution in [3.63, 3.8) is 0 Å². The predicted molar refractivity (Wildman–Crippen MR) is 93.5 cm³/mol. The summed E-state index contributed by atoms with van der Waals surface area (Å²) in [6, 6.07) is 7.48. The monoisotopic (exact) mass is 360 g/mol. The van der Waals surface area contributed by atoms with Gasteiger partial charge in [-0.1, -0.05) is 12.1 Å². The van der Waals surface area contributed by atoms with Crippen molar-refractivity contribution >= 4 is 17.8 Å². The van der Waals surface area contributed by atoms with Gasteiger partial charge in [0, 0.05) is 19.5 Å². The molecule has 0 radical (unpaired) electrons. The number of likely N-dealkylation sites (tertiary alicyclic amines) is 1. The number of carboxylic acids is 1. The Morgan fingerprint density at radius 3 is 2.54 bits per heavy atom. The molecule has 26 heavy (non-hydrogen) atoms. The van der Waals surface area contributed by atoms with Crippen LogP contribution in [0.2, 0.25) is 0 Å². The van der Waals surface area contributed by atoms with Gasteiger partial charge in [0.25, 0.3) is 0 Å². The van der Waals surface area contributed by atoms with Crippen LogP contribution in [-0.2, 0) is 20.9 Å². The molecule has 1 aromatic carbocycles. The number of rotatable bonds is 7. The predicted octanol–water partition coefficient (Wildman–Crippen LogP) is 1.56. The highest BCUT2D eigenvalue weighted by Crippen LogP contribution is 2.35. The van der Waals surface area contributed by atoms with E-state index in [4.69, 9.17) is 9.84 Å². The molecule has 1 aromatic rings. The Labute approximate surface area is 152 Å². The lowest BCUT2D eigenvalue weighted by Gasteiger charge is -2.42. The first-order valence-electron chi connectivity index (χ1n) is 8.85. The van der Waals surface area contributed by atoms with Crippen molar-refractivity contribution in [1.82, 2.24) is 10.2 Å². The minimum absolute atomic E-state index is 0.0538. The molecular weight excluding hydrogens is 336 g/mol. The van der Waals surface area contributed by atoms with E-state index < -0.39 is 17.4 Å². The van der Waals surface area contributed by atoms with E-state index in [1.165, 1.54) is 0 Å². The van der Waals surface area contributed by atoms with E-state index in [2.05, 4.69) is 5.32 Å². The molecule has 1 saturated heterocycles. The topological polar surface area (TPSA) is 95.9 Å². The first-order valence-corrected chi connectivity index (χ1v) is 8.85. The molecule has 1 saturated carbocycles. The molecule has 0 aromatic heterocycles. The maximum atomic E-state index is 12.6. The lowest BCUT2D eigenvalue weighted by molar-refractivity contribution is -0.141. The van der Waals surface area contributed by atoms with Gasteiger partial charge in [-0.3, -0.25) is 14.4 Å². The van der Waals surface area contributed by atoms with Crippen LogP contribution in [0.1, 0.15) is 37.7 Å². The zero-order chi connectivity index (χ0) is 18.7. The molecule has 1 unspecified atom stereocenters. The lowest BCUT2D eigenvalue weighted by atomic mass is 9.74. The number of aliphatic carboxylic acids is 1. The highest BCUT2D eigenvalue weighted by atomic mass is 16.5. The summed E-state index contributed by atoms with van der Waals surface area (Å²) in [6.45, 7) is 0.812. The Balaban J connectivity index is 1.58. The Hall–Kier alpha value is -2.57. The van der Waals surface area contributed by atoms with E-state index in [1.807, 2.05) is 24.3 Å². The van der Waals surface area contributed by atoms with Crippen LogP contribution < -0.4 is 10.1 Å². The molecule has 0 spiro atoms. The number of carbonyl (C=O) groups is 3. The number of hydrogen-bond acceptors (Lipinski definition) is 4. The minimum atomic E-state index is -0.909. The summed E-state index contributed by atoms with van der Waals surface area (Å²) in [6.07, 6.45) is 2.39. The fourth-order valence-corrected chi connectivity index (χ4v) is 3.65. The van der Waals surface area contributed by atoms with E-state index >= 15 is 0 Å². The number of ether oxygens (including phenoxy) is 1. The van der Waals surface area contributed by atoms with Crippen LogP contribution >= 0.6 is 0 Å². The molecule has 2 aliphatic rings. The first-order chi connectivity index (χ1) is 12.4. The number of nitrogens with zero attached hydrogens (tertiary/aromatic N) is 1. The summed E-state index contributed by atoms with van der Waals surface area (Å²) in [4.78, 5) is 37.6. The van der Waals surface area contributed by atoms with Crippen molar-refractivity contribution in [2.45, 2.75) is 44.2 Å². The van der Waals surface area contributed by atoms with Gasteiger partial charge in [0.2, 0.25) is 11.8 Å². The first kappa shape index (κ1) is 18.2. The van der Waals surface area contributed by atoms with Crippen molar-refractivity contribution < 1.29 is 24.2 Å². The Morgan fingerprint density at radius 2 is 2.00 bits per heavy atom. The van der Waals surface area contributed by atoms with Crippen LogP contribution in [0.5, 0.6) is 5.75 Å². The third-order valence-electron chi connectivity index (χ3n) is 5.31. The number of carbonyl (C=O) groups excluding carboxylic acids is 2. The fraction of sp³-hybridized carbons (Fsp3) is 0.526. The van der Waals surface area contributed by atoms with E-state index in [0.717, 1.165) is 17.7 Å². The second kappa shape index (κ2) is 7.35. The Kier molecular flexibility index (Phi) is 5.15. The van der Waals surface area contributed by atoms with Crippen LogP contribution in [0.25, 0.3) is 0 Å². The number of amides is 2. The minimum Gasteiger partial charge on any atom is -0.497 e. The van der Waals surface area contributed by atoms with E-state index in [0.29, 0.717) is 25.9 Å². The molecule has 2 fully saturated rings. The number of hydrogen-bond donors (Lipinski definition) is 2. The molecule has 1 heterocycles. The average Bonchev–Trinajstić information content (AvgIpc) is 2.94. The molecule has 140 valence electrons. The maximum absolute atomic E-state index is 12.6. The average molecular weight is 360 g/mol. The van der Waals surface area contributed by atoms with Gasteiger partial charge >= 0.3 is 5.97 Å². The molecule has 1 aliphatic heterocycles. The fourth-order valence-electron chi connectivity index (χ4n) is 3.65. The van der Waals surface area contributed by atoms with Crippen LogP contribution in [0.4, 0.5) is 0 Å². The zero-order valence-corrected chi connectivity index (χ0v) is 14.9. The van der Waals surface area contributed by atoms with Gasteiger partial charge in [0.05, 0.1) is 25.0 Å². The van der Waals surface area contributed by atoms with Crippen LogP contribution in [-0.4, -0.2) is 47.0 Å². The molecule has 3 rings (SSSR count). The number of carboxylic acid groups (broad SMARTS) is 1. The summed E-state index contributed by atoms with van der Waals surface area (Å²) in [5.74, 6) is -0.845. The van der Waals surface area contributed by atoms with Crippen molar-refractivity contribution in [1.29, 1.82) is 0 Å². The number of nitrogens with one attached hydrogen (secondary N) is 1. The van der Waals surface area contributed by atoms with Gasteiger partial charge in [-0.15, -0.1) is 0 Å². The second-order valence-electron chi connectivity index (χ2n) is 7.22. The quantitative estimate of drug-likeness (QED) is 0.769. The second-order valence-corrected chi connectivity index (χ2v) is 7.22. The van der Waals surface area contributed by atoms with Crippen molar-refractivity contribution in [2.24, 2.45) is 5.92 Å². The molecule has 0 bridgehead atoms. The normalized spacial score (nSPS) is 21.2.